The predicted octanol–water partition coefficient (Wildman–Crippen LogP) is 2.99. The van der Waals surface area contributed by atoms with E-state index in [1.807, 2.05) is 0 Å². The van der Waals surface area contributed by atoms with Gasteiger partial charge in [-0.25, -0.2) is 8.42 Å². The van der Waals surface area contributed by atoms with Gasteiger partial charge in [0.2, 0.25) is 0 Å². The van der Waals surface area contributed by atoms with Crippen molar-refractivity contribution in [1.82, 2.24) is 4.98 Å². The second-order valence-electron chi connectivity index (χ2n) is 3.64. The van der Waals surface area contributed by atoms with Gasteiger partial charge >= 0.3 is 0 Å². The lowest BCUT2D eigenvalue weighted by Crippen LogP contribution is -2.14. The Morgan fingerprint density at radius 1 is 1.21 bits per heavy atom. The van der Waals surface area contributed by atoms with Crippen LogP contribution in [0.3, 0.4) is 0 Å². The van der Waals surface area contributed by atoms with E-state index in [1.165, 1.54) is 24.5 Å². The van der Waals surface area contributed by atoms with Crippen LogP contribution < -0.4 is 10.5 Å². The average Bonchev–Trinajstić information content (AvgIpc) is 2.35. The lowest BCUT2D eigenvalue weighted by Gasteiger charge is -2.11. The highest BCUT2D eigenvalue weighted by atomic mass is 79.9. The largest absolute Gasteiger partial charge is 0.396 e. The fourth-order valence-corrected chi connectivity index (χ4v) is 3.97. The summed E-state index contributed by atoms with van der Waals surface area (Å²) in [7, 11) is -3.72. The molecule has 0 bridgehead atoms. The van der Waals surface area contributed by atoms with Crippen LogP contribution >= 0.6 is 31.9 Å². The molecule has 0 spiro atoms. The maximum absolute atomic E-state index is 12.3. The SMILES string of the molecule is Nc1cnccc1NS(=O)(=O)c1cc(Br)ccc1Br. The van der Waals surface area contributed by atoms with Crippen LogP contribution in [-0.2, 0) is 10.0 Å². The van der Waals surface area contributed by atoms with Gasteiger partial charge in [-0.15, -0.1) is 0 Å². The summed E-state index contributed by atoms with van der Waals surface area (Å²) in [4.78, 5) is 3.93. The predicted molar refractivity (Wildman–Crippen MR) is 81.3 cm³/mol. The Bertz CT molecular complexity index is 720. The number of pyridine rings is 1. The molecule has 3 N–H and O–H groups in total. The van der Waals surface area contributed by atoms with Gasteiger partial charge in [-0.2, -0.15) is 0 Å². The van der Waals surface area contributed by atoms with Crippen molar-refractivity contribution in [3.63, 3.8) is 0 Å². The zero-order valence-corrected chi connectivity index (χ0v) is 13.5. The molecule has 5 nitrogen and oxygen atoms in total. The van der Waals surface area contributed by atoms with Gasteiger partial charge in [-0.05, 0) is 40.2 Å². The maximum Gasteiger partial charge on any atom is 0.263 e. The molecule has 0 radical (unpaired) electrons. The molecule has 0 aliphatic heterocycles. The highest BCUT2D eigenvalue weighted by molar-refractivity contribution is 9.11. The Labute approximate surface area is 127 Å². The molecule has 1 aromatic heterocycles. The Morgan fingerprint density at radius 2 is 1.95 bits per heavy atom. The van der Waals surface area contributed by atoms with Crippen molar-refractivity contribution in [2.75, 3.05) is 10.5 Å². The molecule has 2 rings (SSSR count). The number of hydrogen-bond donors (Lipinski definition) is 2. The van der Waals surface area contributed by atoms with Gasteiger partial charge in [0.15, 0.2) is 0 Å². The summed E-state index contributed by atoms with van der Waals surface area (Å²) in [6.07, 6.45) is 2.85. The fraction of sp³-hybridized carbons (Fsp3) is 0. The van der Waals surface area contributed by atoms with Crippen LogP contribution in [-0.4, -0.2) is 13.4 Å². The number of sulfonamides is 1. The molecule has 8 heteroatoms. The number of nitrogens with zero attached hydrogens (tertiary/aromatic N) is 1. The molecule has 0 saturated heterocycles. The van der Waals surface area contributed by atoms with Gasteiger partial charge in [-0.3, -0.25) is 9.71 Å². The second kappa shape index (κ2) is 5.48. The minimum atomic E-state index is -3.72. The minimum Gasteiger partial charge on any atom is -0.396 e. The second-order valence-corrected chi connectivity index (χ2v) is 7.06. The number of nitrogens with one attached hydrogen (secondary N) is 1. The summed E-state index contributed by atoms with van der Waals surface area (Å²) in [6, 6.07) is 6.39. The molecule has 0 aliphatic carbocycles. The van der Waals surface area contributed by atoms with E-state index in [9.17, 15) is 8.42 Å². The summed E-state index contributed by atoms with van der Waals surface area (Å²) in [5.41, 5.74) is 6.22. The van der Waals surface area contributed by atoms with Crippen molar-refractivity contribution in [2.24, 2.45) is 0 Å². The van der Waals surface area contributed by atoms with Gasteiger partial charge in [-0.1, -0.05) is 15.9 Å². The van der Waals surface area contributed by atoms with Crippen molar-refractivity contribution >= 4 is 53.3 Å². The molecule has 0 unspecified atom stereocenters. The first kappa shape index (κ1) is 14.3. The molecule has 0 atom stereocenters. The first-order valence-electron chi connectivity index (χ1n) is 5.07. The van der Waals surface area contributed by atoms with E-state index >= 15 is 0 Å². The van der Waals surface area contributed by atoms with Gasteiger partial charge < -0.3 is 5.73 Å². The van der Waals surface area contributed by atoms with Crippen LogP contribution in [0.15, 0.2) is 50.5 Å². The van der Waals surface area contributed by atoms with E-state index in [2.05, 4.69) is 41.6 Å². The van der Waals surface area contributed by atoms with E-state index in [1.54, 1.807) is 12.1 Å². The van der Waals surface area contributed by atoms with Gasteiger partial charge in [0.25, 0.3) is 10.0 Å². The van der Waals surface area contributed by atoms with Crippen molar-refractivity contribution in [3.05, 3.63) is 45.6 Å². The Morgan fingerprint density at radius 3 is 2.63 bits per heavy atom. The molecule has 1 aromatic carbocycles. The molecular weight excluding hydrogens is 398 g/mol. The molecule has 0 aliphatic rings. The summed E-state index contributed by atoms with van der Waals surface area (Å²) < 4.78 is 28.1. The lowest BCUT2D eigenvalue weighted by atomic mass is 10.4. The molecule has 0 saturated carbocycles. The molecule has 1 heterocycles. The molecular formula is C11H9Br2N3O2S. The van der Waals surface area contributed by atoms with Crippen molar-refractivity contribution in [3.8, 4) is 0 Å². The van der Waals surface area contributed by atoms with Crippen molar-refractivity contribution in [1.29, 1.82) is 0 Å². The van der Waals surface area contributed by atoms with Crippen LogP contribution in [0.2, 0.25) is 0 Å². The van der Waals surface area contributed by atoms with E-state index in [4.69, 9.17) is 5.73 Å². The van der Waals surface area contributed by atoms with Gasteiger partial charge in [0, 0.05) is 15.1 Å². The molecule has 19 heavy (non-hydrogen) atoms. The fourth-order valence-electron chi connectivity index (χ4n) is 1.38. The Balaban J connectivity index is 2.44. The van der Waals surface area contributed by atoms with Crippen molar-refractivity contribution < 1.29 is 8.42 Å². The van der Waals surface area contributed by atoms with Crippen LogP contribution in [0.1, 0.15) is 0 Å². The zero-order chi connectivity index (χ0) is 14.0. The monoisotopic (exact) mass is 405 g/mol. The van der Waals surface area contributed by atoms with Crippen LogP contribution in [0, 0.1) is 0 Å². The van der Waals surface area contributed by atoms with E-state index in [0.29, 0.717) is 14.6 Å². The minimum absolute atomic E-state index is 0.123. The highest BCUT2D eigenvalue weighted by Gasteiger charge is 2.19. The molecule has 100 valence electrons. The maximum atomic E-state index is 12.3. The van der Waals surface area contributed by atoms with Crippen LogP contribution in [0.25, 0.3) is 0 Å². The molecule has 0 fully saturated rings. The number of nitrogens with two attached hydrogens (primary N) is 1. The Kier molecular flexibility index (Phi) is 4.12. The standard InChI is InChI=1S/C11H9Br2N3O2S/c12-7-1-2-8(13)11(5-7)19(17,18)16-10-3-4-15-6-9(10)14/h1-6H,14H2,(H,15,16). The Hall–Kier alpha value is -1.12. The first-order valence-corrected chi connectivity index (χ1v) is 8.14. The topological polar surface area (TPSA) is 85.1 Å². The number of benzene rings is 1. The normalized spacial score (nSPS) is 11.3. The zero-order valence-electron chi connectivity index (χ0n) is 9.47. The third-order valence-corrected chi connectivity index (χ3v) is 5.13. The van der Waals surface area contributed by atoms with E-state index < -0.39 is 10.0 Å². The summed E-state index contributed by atoms with van der Waals surface area (Å²) in [6.45, 7) is 0. The van der Waals surface area contributed by atoms with Gasteiger partial charge in [0.1, 0.15) is 4.90 Å². The number of rotatable bonds is 3. The third-order valence-electron chi connectivity index (χ3n) is 2.28. The smallest absolute Gasteiger partial charge is 0.263 e. The number of aromatic nitrogens is 1. The number of nitrogen functional groups attached to an aromatic ring is 1. The third kappa shape index (κ3) is 3.26. The number of halogens is 2. The highest BCUT2D eigenvalue weighted by Crippen LogP contribution is 2.28. The summed E-state index contributed by atoms with van der Waals surface area (Å²) in [5.74, 6) is 0. The van der Waals surface area contributed by atoms with Crippen LogP contribution in [0.4, 0.5) is 11.4 Å². The summed E-state index contributed by atoms with van der Waals surface area (Å²) >= 11 is 6.46. The average molecular weight is 407 g/mol. The van der Waals surface area contributed by atoms with Gasteiger partial charge in [0.05, 0.1) is 17.6 Å². The first-order chi connectivity index (χ1) is 8.90. The lowest BCUT2D eigenvalue weighted by molar-refractivity contribution is 0.600. The van der Waals surface area contributed by atoms with E-state index in [0.717, 1.165) is 0 Å². The number of anilines is 2. The quantitative estimate of drug-likeness (QED) is 0.820. The van der Waals surface area contributed by atoms with Crippen LogP contribution in [0.5, 0.6) is 0 Å². The summed E-state index contributed by atoms with van der Waals surface area (Å²) in [5, 5.41) is 0. The van der Waals surface area contributed by atoms with Crippen molar-refractivity contribution in [2.45, 2.75) is 4.90 Å². The molecule has 2 aromatic rings. The number of hydrogen-bond acceptors (Lipinski definition) is 4. The van der Waals surface area contributed by atoms with E-state index in [-0.39, 0.29) is 10.6 Å². The molecule has 0 amide bonds.